The maximum Gasteiger partial charge on any atom is 0.275 e. The minimum absolute atomic E-state index is 0.293. The van der Waals surface area contributed by atoms with Crippen LogP contribution in [-0.2, 0) is 0 Å². The summed E-state index contributed by atoms with van der Waals surface area (Å²) < 4.78 is 0. The van der Waals surface area contributed by atoms with Crippen LogP contribution in [0.15, 0.2) is 41.1 Å². The van der Waals surface area contributed by atoms with E-state index < -0.39 is 0 Å². The Hall–Kier alpha value is -1.40. The number of anilines is 1. The number of hydrogen-bond acceptors (Lipinski definition) is 4. The molecular weight excluding hydrogens is 347 g/mol. The molecule has 0 unspecified atom stereocenters. The van der Waals surface area contributed by atoms with Gasteiger partial charge in [-0.2, -0.15) is 0 Å². The van der Waals surface area contributed by atoms with Crippen molar-refractivity contribution in [2.75, 3.05) is 5.32 Å². The van der Waals surface area contributed by atoms with Crippen molar-refractivity contribution in [3.63, 3.8) is 0 Å². The summed E-state index contributed by atoms with van der Waals surface area (Å²) in [4.78, 5) is 17.6. The second kappa shape index (κ2) is 6.15. The first-order valence-electron chi connectivity index (χ1n) is 5.89. The number of aromatic nitrogens is 1. The third kappa shape index (κ3) is 3.27. The van der Waals surface area contributed by atoms with E-state index in [-0.39, 0.29) is 5.91 Å². The number of benzene rings is 1. The van der Waals surface area contributed by atoms with Crippen molar-refractivity contribution in [2.45, 2.75) is 0 Å². The summed E-state index contributed by atoms with van der Waals surface area (Å²) in [6.45, 7) is 0. The van der Waals surface area contributed by atoms with Crippen LogP contribution in [0.3, 0.4) is 0 Å². The quantitative estimate of drug-likeness (QED) is 0.681. The van der Waals surface area contributed by atoms with Crippen LogP contribution in [-0.4, -0.2) is 10.9 Å². The van der Waals surface area contributed by atoms with Gasteiger partial charge in [-0.25, -0.2) is 4.98 Å². The van der Waals surface area contributed by atoms with Crippen LogP contribution in [0.5, 0.6) is 0 Å². The van der Waals surface area contributed by atoms with Crippen molar-refractivity contribution >= 4 is 57.5 Å². The first-order chi connectivity index (χ1) is 10.1. The molecule has 21 heavy (non-hydrogen) atoms. The normalized spacial score (nSPS) is 10.6. The van der Waals surface area contributed by atoms with Gasteiger partial charge in [-0.1, -0.05) is 29.3 Å². The number of amides is 1. The van der Waals surface area contributed by atoms with Gasteiger partial charge in [-0.3, -0.25) is 4.79 Å². The van der Waals surface area contributed by atoms with Crippen LogP contribution >= 0.6 is 45.9 Å². The fourth-order valence-electron chi connectivity index (χ4n) is 1.67. The number of carbonyl (C=O) groups excluding carboxylic acids is 1. The number of hydrogen-bond donors (Lipinski definition) is 1. The van der Waals surface area contributed by atoms with Gasteiger partial charge >= 0.3 is 0 Å². The molecule has 0 aliphatic rings. The molecule has 2 aromatic heterocycles. The molecule has 0 aliphatic carbocycles. The summed E-state index contributed by atoms with van der Waals surface area (Å²) in [6, 6.07) is 8.84. The molecule has 1 aromatic carbocycles. The van der Waals surface area contributed by atoms with E-state index in [0.717, 1.165) is 9.88 Å². The number of thiazole rings is 1. The van der Waals surface area contributed by atoms with Crippen LogP contribution in [0.25, 0.3) is 9.88 Å². The number of halogens is 2. The number of carbonyl (C=O) groups is 1. The lowest BCUT2D eigenvalue weighted by Gasteiger charge is -2.05. The minimum atomic E-state index is -0.293. The number of thiophene rings is 1. The zero-order valence-corrected chi connectivity index (χ0v) is 13.6. The summed E-state index contributed by atoms with van der Waals surface area (Å²) in [5, 5.41) is 8.18. The predicted molar refractivity (Wildman–Crippen MR) is 89.8 cm³/mol. The Morgan fingerprint density at radius 2 is 2.05 bits per heavy atom. The van der Waals surface area contributed by atoms with Gasteiger partial charge in [-0.15, -0.1) is 22.7 Å². The first-order valence-corrected chi connectivity index (χ1v) is 8.41. The Bertz CT molecular complexity index is 784. The van der Waals surface area contributed by atoms with Gasteiger partial charge in [0.1, 0.15) is 10.7 Å². The van der Waals surface area contributed by atoms with Crippen molar-refractivity contribution in [3.8, 4) is 9.88 Å². The molecule has 0 saturated heterocycles. The van der Waals surface area contributed by atoms with E-state index in [1.807, 2.05) is 17.5 Å². The highest BCUT2D eigenvalue weighted by atomic mass is 35.5. The highest BCUT2D eigenvalue weighted by Crippen LogP contribution is 2.29. The number of nitrogens with one attached hydrogen (secondary N) is 1. The van der Waals surface area contributed by atoms with Gasteiger partial charge < -0.3 is 5.32 Å². The van der Waals surface area contributed by atoms with E-state index >= 15 is 0 Å². The SMILES string of the molecule is O=C(Nc1ccc(Cl)cc1Cl)c1csc(-c2cccs2)n1. The van der Waals surface area contributed by atoms with Crippen LogP contribution in [0, 0.1) is 0 Å². The lowest BCUT2D eigenvalue weighted by atomic mass is 10.3. The highest BCUT2D eigenvalue weighted by Gasteiger charge is 2.14. The topological polar surface area (TPSA) is 42.0 Å². The fraction of sp³-hybridized carbons (Fsp3) is 0. The molecule has 3 aromatic rings. The molecule has 1 N–H and O–H groups in total. The molecule has 0 fully saturated rings. The first kappa shape index (κ1) is 14.5. The average molecular weight is 355 g/mol. The predicted octanol–water partition coefficient (Wildman–Crippen LogP) is 5.43. The van der Waals surface area contributed by atoms with E-state index in [2.05, 4.69) is 10.3 Å². The summed E-state index contributed by atoms with van der Waals surface area (Å²) in [5.74, 6) is -0.293. The van der Waals surface area contributed by atoms with Gasteiger partial charge in [0.2, 0.25) is 0 Å². The largest absolute Gasteiger partial charge is 0.319 e. The van der Waals surface area contributed by atoms with Gasteiger partial charge in [0.25, 0.3) is 5.91 Å². The second-order valence-electron chi connectivity index (χ2n) is 4.09. The smallest absolute Gasteiger partial charge is 0.275 e. The Kier molecular flexibility index (Phi) is 4.26. The van der Waals surface area contributed by atoms with Crippen LogP contribution in [0.4, 0.5) is 5.69 Å². The zero-order chi connectivity index (χ0) is 14.8. The molecular formula is C14H8Cl2N2OS2. The highest BCUT2D eigenvalue weighted by molar-refractivity contribution is 7.20. The third-order valence-corrected chi connectivity index (χ3v) is 5.08. The molecule has 0 bridgehead atoms. The van der Waals surface area contributed by atoms with E-state index in [1.54, 1.807) is 34.9 Å². The van der Waals surface area contributed by atoms with Crippen LogP contribution in [0.1, 0.15) is 10.5 Å². The Morgan fingerprint density at radius 1 is 1.19 bits per heavy atom. The standard InChI is InChI=1S/C14H8Cl2N2OS2/c15-8-3-4-10(9(16)6-8)17-13(19)11-7-21-14(18-11)12-2-1-5-20-12/h1-7H,(H,17,19). The summed E-state index contributed by atoms with van der Waals surface area (Å²) in [6.07, 6.45) is 0. The lowest BCUT2D eigenvalue weighted by molar-refractivity contribution is 0.102. The molecule has 3 rings (SSSR count). The van der Waals surface area contributed by atoms with Gasteiger partial charge in [-0.05, 0) is 29.6 Å². The summed E-state index contributed by atoms with van der Waals surface area (Å²) in [7, 11) is 0. The van der Waals surface area contributed by atoms with Gasteiger partial charge in [0, 0.05) is 10.4 Å². The van der Waals surface area contributed by atoms with Crippen molar-refractivity contribution in [1.82, 2.24) is 4.98 Å². The Balaban J connectivity index is 1.79. The monoisotopic (exact) mass is 354 g/mol. The van der Waals surface area contributed by atoms with Crippen molar-refractivity contribution < 1.29 is 4.79 Å². The molecule has 3 nitrogen and oxygen atoms in total. The second-order valence-corrected chi connectivity index (χ2v) is 6.74. The number of nitrogens with zero attached hydrogens (tertiary/aromatic N) is 1. The van der Waals surface area contributed by atoms with Gasteiger partial charge in [0.15, 0.2) is 0 Å². The van der Waals surface area contributed by atoms with E-state index in [4.69, 9.17) is 23.2 Å². The lowest BCUT2D eigenvalue weighted by Crippen LogP contribution is -2.12. The van der Waals surface area contributed by atoms with Crippen molar-refractivity contribution in [2.24, 2.45) is 0 Å². The Labute approximate surface area is 139 Å². The molecule has 0 aliphatic heterocycles. The van der Waals surface area contributed by atoms with Crippen molar-refractivity contribution in [3.05, 3.63) is 56.8 Å². The molecule has 0 saturated carbocycles. The molecule has 106 valence electrons. The van der Waals surface area contributed by atoms with Gasteiger partial charge in [0.05, 0.1) is 15.6 Å². The maximum atomic E-state index is 12.2. The van der Waals surface area contributed by atoms with E-state index in [0.29, 0.717) is 21.4 Å². The van der Waals surface area contributed by atoms with Crippen molar-refractivity contribution in [1.29, 1.82) is 0 Å². The molecule has 0 spiro atoms. The third-order valence-electron chi connectivity index (χ3n) is 2.65. The average Bonchev–Trinajstić information content (AvgIpc) is 3.10. The molecule has 1 amide bonds. The van der Waals surface area contributed by atoms with Crippen LogP contribution < -0.4 is 5.32 Å². The summed E-state index contributed by atoms with van der Waals surface area (Å²) in [5.41, 5.74) is 0.881. The Morgan fingerprint density at radius 3 is 2.76 bits per heavy atom. The summed E-state index contributed by atoms with van der Waals surface area (Å²) >= 11 is 14.9. The van der Waals surface area contributed by atoms with E-state index in [1.165, 1.54) is 11.3 Å². The maximum absolute atomic E-state index is 12.2. The molecule has 0 atom stereocenters. The van der Waals surface area contributed by atoms with Crippen LogP contribution in [0.2, 0.25) is 10.0 Å². The minimum Gasteiger partial charge on any atom is -0.319 e. The fourth-order valence-corrected chi connectivity index (χ4v) is 3.74. The zero-order valence-electron chi connectivity index (χ0n) is 10.5. The number of rotatable bonds is 3. The molecule has 0 radical (unpaired) electrons. The van der Waals surface area contributed by atoms with E-state index in [9.17, 15) is 4.79 Å². The molecule has 7 heteroatoms. The molecule has 2 heterocycles.